The lowest BCUT2D eigenvalue weighted by Gasteiger charge is -2.44. The first-order valence-corrected chi connectivity index (χ1v) is 8.14. The van der Waals surface area contributed by atoms with Gasteiger partial charge in [0.05, 0.1) is 5.76 Å². The third-order valence-corrected chi connectivity index (χ3v) is 3.27. The second-order valence-electron chi connectivity index (χ2n) is 5.89. The second-order valence-corrected chi connectivity index (χ2v) is 5.89. The monoisotopic (exact) mass is 388 g/mol. The first-order chi connectivity index (χ1) is 12.5. The average molecular weight is 388 g/mol. The number of esters is 4. The molecule has 1 rings (SSSR count). The fraction of sp³-hybridized carbons (Fsp3) is 0.647. The molecule has 10 heteroatoms. The SMILES string of the molecule is C=C(C)OC1C(COC(C)=O)OC(OC(C)=O)C(OC(C)=O)C1OC(C)=O. The smallest absolute Gasteiger partial charge is 0.305 e. The van der Waals surface area contributed by atoms with Gasteiger partial charge in [0, 0.05) is 27.7 Å². The Labute approximate surface area is 156 Å². The van der Waals surface area contributed by atoms with Crippen molar-refractivity contribution >= 4 is 23.9 Å². The largest absolute Gasteiger partial charge is 0.489 e. The summed E-state index contributed by atoms with van der Waals surface area (Å²) in [6.45, 7) is 9.51. The summed E-state index contributed by atoms with van der Waals surface area (Å²) in [5.41, 5.74) is 0. The molecule has 0 radical (unpaired) electrons. The van der Waals surface area contributed by atoms with Crippen molar-refractivity contribution in [3.63, 3.8) is 0 Å². The first-order valence-electron chi connectivity index (χ1n) is 8.14. The maximum absolute atomic E-state index is 11.6. The average Bonchev–Trinajstić information content (AvgIpc) is 2.49. The molecule has 1 aliphatic heterocycles. The minimum absolute atomic E-state index is 0.251. The van der Waals surface area contributed by atoms with Gasteiger partial charge in [0.2, 0.25) is 12.4 Å². The molecule has 0 aromatic carbocycles. The molecule has 0 amide bonds. The molecule has 0 aliphatic carbocycles. The van der Waals surface area contributed by atoms with E-state index < -0.39 is 54.6 Å². The van der Waals surface area contributed by atoms with Crippen molar-refractivity contribution in [2.75, 3.05) is 6.61 Å². The highest BCUT2D eigenvalue weighted by Gasteiger charge is 2.53. The van der Waals surface area contributed by atoms with Crippen molar-refractivity contribution in [2.24, 2.45) is 0 Å². The maximum Gasteiger partial charge on any atom is 0.305 e. The molecule has 1 aliphatic rings. The molecule has 27 heavy (non-hydrogen) atoms. The van der Waals surface area contributed by atoms with Crippen LogP contribution in [-0.4, -0.2) is 61.2 Å². The fourth-order valence-electron chi connectivity index (χ4n) is 2.49. The van der Waals surface area contributed by atoms with E-state index in [1.54, 1.807) is 6.92 Å². The molecule has 0 aromatic heterocycles. The summed E-state index contributed by atoms with van der Waals surface area (Å²) in [5.74, 6) is -2.46. The van der Waals surface area contributed by atoms with E-state index in [-0.39, 0.29) is 12.4 Å². The van der Waals surface area contributed by atoms with Crippen molar-refractivity contribution in [1.29, 1.82) is 0 Å². The Kier molecular flexibility index (Phi) is 8.23. The molecule has 1 heterocycles. The summed E-state index contributed by atoms with van der Waals surface area (Å²) in [6, 6.07) is 0. The van der Waals surface area contributed by atoms with Crippen LogP contribution < -0.4 is 0 Å². The number of carbonyl (C=O) groups is 4. The van der Waals surface area contributed by atoms with Gasteiger partial charge in [-0.3, -0.25) is 19.2 Å². The van der Waals surface area contributed by atoms with Crippen molar-refractivity contribution in [3.05, 3.63) is 12.3 Å². The Morgan fingerprint density at radius 3 is 1.70 bits per heavy atom. The molecular weight excluding hydrogens is 364 g/mol. The number of carbonyl (C=O) groups excluding carboxylic acids is 4. The lowest BCUT2D eigenvalue weighted by Crippen LogP contribution is -2.62. The standard InChI is InChI=1S/C17H24O10/c1-8(2)23-14-13(7-22-9(3)18)27-17(26-12(6)21)16(25-11(5)20)15(14)24-10(4)19/h13-17H,1,7H2,2-6H3. The molecule has 10 nitrogen and oxygen atoms in total. The van der Waals surface area contributed by atoms with E-state index in [0.717, 1.165) is 20.8 Å². The zero-order valence-electron chi connectivity index (χ0n) is 15.9. The minimum Gasteiger partial charge on any atom is -0.489 e. The van der Waals surface area contributed by atoms with E-state index >= 15 is 0 Å². The van der Waals surface area contributed by atoms with Crippen LogP contribution in [0.4, 0.5) is 0 Å². The molecule has 0 bridgehead atoms. The molecule has 0 N–H and O–H groups in total. The van der Waals surface area contributed by atoms with Crippen LogP contribution in [0.5, 0.6) is 0 Å². The Bertz CT molecular complexity index is 599. The topological polar surface area (TPSA) is 124 Å². The molecule has 0 saturated carbocycles. The predicted octanol–water partition coefficient (Wildman–Crippen LogP) is 0.620. The van der Waals surface area contributed by atoms with Gasteiger partial charge in [0.25, 0.3) is 0 Å². The van der Waals surface area contributed by atoms with Crippen LogP contribution in [0.2, 0.25) is 0 Å². The van der Waals surface area contributed by atoms with Crippen LogP contribution >= 0.6 is 0 Å². The van der Waals surface area contributed by atoms with Gasteiger partial charge in [-0.2, -0.15) is 0 Å². The van der Waals surface area contributed by atoms with E-state index in [4.69, 9.17) is 28.4 Å². The molecule has 0 spiro atoms. The summed E-state index contributed by atoms with van der Waals surface area (Å²) < 4.78 is 31.7. The Hall–Kier alpha value is -2.62. The quantitative estimate of drug-likeness (QED) is 0.348. The van der Waals surface area contributed by atoms with E-state index in [1.807, 2.05) is 0 Å². The van der Waals surface area contributed by atoms with Gasteiger partial charge < -0.3 is 28.4 Å². The second kappa shape index (κ2) is 9.91. The van der Waals surface area contributed by atoms with Crippen molar-refractivity contribution in [3.8, 4) is 0 Å². The Morgan fingerprint density at radius 2 is 1.26 bits per heavy atom. The van der Waals surface area contributed by atoms with Crippen LogP contribution in [0.15, 0.2) is 12.3 Å². The highest BCUT2D eigenvalue weighted by Crippen LogP contribution is 2.30. The van der Waals surface area contributed by atoms with Gasteiger partial charge in [-0.05, 0) is 6.92 Å². The lowest BCUT2D eigenvalue weighted by atomic mass is 9.98. The van der Waals surface area contributed by atoms with Gasteiger partial charge in [0.1, 0.15) is 12.7 Å². The lowest BCUT2D eigenvalue weighted by molar-refractivity contribution is -0.299. The van der Waals surface area contributed by atoms with Crippen LogP contribution in [-0.2, 0) is 47.6 Å². The van der Waals surface area contributed by atoms with Gasteiger partial charge in [0.15, 0.2) is 12.2 Å². The van der Waals surface area contributed by atoms with E-state index in [2.05, 4.69) is 6.58 Å². The summed E-state index contributed by atoms with van der Waals surface area (Å²) in [7, 11) is 0. The summed E-state index contributed by atoms with van der Waals surface area (Å²) in [4.78, 5) is 45.7. The van der Waals surface area contributed by atoms with Crippen LogP contribution in [0.25, 0.3) is 0 Å². The van der Waals surface area contributed by atoms with Crippen molar-refractivity contribution in [1.82, 2.24) is 0 Å². The highest BCUT2D eigenvalue weighted by atomic mass is 16.7. The third-order valence-electron chi connectivity index (χ3n) is 3.27. The predicted molar refractivity (Wildman–Crippen MR) is 87.9 cm³/mol. The molecule has 5 unspecified atom stereocenters. The van der Waals surface area contributed by atoms with E-state index in [1.165, 1.54) is 6.92 Å². The van der Waals surface area contributed by atoms with E-state index in [9.17, 15) is 19.2 Å². The number of allylic oxidation sites excluding steroid dienone is 1. The summed E-state index contributed by atoms with van der Waals surface area (Å²) >= 11 is 0. The van der Waals surface area contributed by atoms with E-state index in [0.29, 0.717) is 0 Å². The normalized spacial score (nSPS) is 27.1. The van der Waals surface area contributed by atoms with Gasteiger partial charge in [-0.25, -0.2) is 0 Å². The number of rotatable bonds is 7. The van der Waals surface area contributed by atoms with Gasteiger partial charge in [-0.15, -0.1) is 0 Å². The number of ether oxygens (including phenoxy) is 6. The molecule has 1 fully saturated rings. The van der Waals surface area contributed by atoms with Crippen LogP contribution in [0, 0.1) is 0 Å². The molecule has 1 saturated heterocycles. The van der Waals surface area contributed by atoms with Crippen molar-refractivity contribution in [2.45, 2.75) is 65.3 Å². The molecule has 5 atom stereocenters. The van der Waals surface area contributed by atoms with Gasteiger partial charge in [-0.1, -0.05) is 6.58 Å². The zero-order valence-corrected chi connectivity index (χ0v) is 15.9. The van der Waals surface area contributed by atoms with Crippen LogP contribution in [0.3, 0.4) is 0 Å². The zero-order chi connectivity index (χ0) is 20.7. The fourth-order valence-corrected chi connectivity index (χ4v) is 2.49. The highest BCUT2D eigenvalue weighted by molar-refractivity contribution is 5.68. The van der Waals surface area contributed by atoms with Crippen LogP contribution in [0.1, 0.15) is 34.6 Å². The number of hydrogen-bond acceptors (Lipinski definition) is 10. The van der Waals surface area contributed by atoms with Crippen molar-refractivity contribution < 1.29 is 47.6 Å². The van der Waals surface area contributed by atoms with Gasteiger partial charge >= 0.3 is 23.9 Å². The molecule has 0 aromatic rings. The number of hydrogen-bond donors (Lipinski definition) is 0. The first kappa shape index (κ1) is 22.4. The molecule has 152 valence electrons. The summed E-state index contributed by atoms with van der Waals surface area (Å²) in [5, 5.41) is 0. The molecular formula is C17H24O10. The minimum atomic E-state index is -1.40. The maximum atomic E-state index is 11.6. The Balaban J connectivity index is 3.29. The third kappa shape index (κ3) is 7.26. The summed E-state index contributed by atoms with van der Waals surface area (Å²) in [6.07, 6.45) is -5.94. The Morgan fingerprint density at radius 1 is 0.741 bits per heavy atom.